The Morgan fingerprint density at radius 3 is 2.74 bits per heavy atom. The molecule has 4 aromatic rings. The van der Waals surface area contributed by atoms with Gasteiger partial charge in [0.2, 0.25) is 5.91 Å². The summed E-state index contributed by atoms with van der Waals surface area (Å²) in [4.78, 5) is 33.4. The Bertz CT molecular complexity index is 1220. The summed E-state index contributed by atoms with van der Waals surface area (Å²) in [6.45, 7) is 0.703. The molecular weight excluding hydrogens is 432 g/mol. The van der Waals surface area contributed by atoms with Crippen LogP contribution in [0.1, 0.15) is 0 Å². The van der Waals surface area contributed by atoms with Crippen LogP contribution in [0.15, 0.2) is 70.1 Å². The van der Waals surface area contributed by atoms with Gasteiger partial charge < -0.3 is 10.1 Å². The van der Waals surface area contributed by atoms with Crippen molar-refractivity contribution in [2.75, 3.05) is 19.4 Å². The molecule has 7 nitrogen and oxygen atoms in total. The van der Waals surface area contributed by atoms with Gasteiger partial charge >= 0.3 is 0 Å². The predicted octanol–water partition coefficient (Wildman–Crippen LogP) is 3.44. The number of thioether (sulfide) groups is 1. The molecule has 158 valence electrons. The Balaban J connectivity index is 1.27. The molecule has 0 atom stereocenters. The molecule has 0 unspecified atom stereocenters. The van der Waals surface area contributed by atoms with Crippen LogP contribution in [0, 0.1) is 0 Å². The highest BCUT2D eigenvalue weighted by molar-refractivity contribution is 8.01. The fraction of sp³-hybridized carbons (Fsp3) is 0.182. The molecular formula is C22H20N4O3S2. The average Bonchev–Trinajstić information content (AvgIpc) is 3.22. The van der Waals surface area contributed by atoms with Gasteiger partial charge in [-0.15, -0.1) is 11.3 Å². The highest BCUT2D eigenvalue weighted by atomic mass is 32.2. The topological polar surface area (TPSA) is 86.1 Å². The van der Waals surface area contributed by atoms with Crippen LogP contribution in [-0.2, 0) is 11.3 Å². The number of methoxy groups -OCH3 is 1. The number of hydrogen-bond donors (Lipinski definition) is 1. The summed E-state index contributed by atoms with van der Waals surface area (Å²) in [6.07, 6.45) is 1.50. The van der Waals surface area contributed by atoms with Gasteiger partial charge in [-0.25, -0.2) is 9.97 Å². The predicted molar refractivity (Wildman–Crippen MR) is 124 cm³/mol. The van der Waals surface area contributed by atoms with Gasteiger partial charge in [0.1, 0.15) is 5.75 Å². The molecule has 1 amide bonds. The highest BCUT2D eigenvalue weighted by Crippen LogP contribution is 2.29. The summed E-state index contributed by atoms with van der Waals surface area (Å²) in [7, 11) is 1.60. The van der Waals surface area contributed by atoms with Gasteiger partial charge in [-0.3, -0.25) is 14.2 Å². The molecule has 4 rings (SSSR count). The van der Waals surface area contributed by atoms with E-state index in [1.807, 2.05) is 48.5 Å². The summed E-state index contributed by atoms with van der Waals surface area (Å²) >= 11 is 2.99. The standard InChI is InChI=1S/C22H20N4O3S2/c1-29-16-8-6-15(7-9-16)18-12-21(28)26(14-24-18)11-10-23-20(27)13-30-22-25-17-4-2-3-5-19(17)31-22/h2-9,12,14H,10-11,13H2,1H3,(H,23,27). The van der Waals surface area contributed by atoms with Crippen molar-refractivity contribution in [3.63, 3.8) is 0 Å². The second kappa shape index (κ2) is 9.76. The number of ether oxygens (including phenoxy) is 1. The maximum Gasteiger partial charge on any atom is 0.253 e. The quantitative estimate of drug-likeness (QED) is 0.412. The normalized spacial score (nSPS) is 10.9. The van der Waals surface area contributed by atoms with Crippen molar-refractivity contribution < 1.29 is 9.53 Å². The van der Waals surface area contributed by atoms with Crippen LogP contribution < -0.4 is 15.6 Å². The molecule has 0 aliphatic rings. The van der Waals surface area contributed by atoms with Crippen molar-refractivity contribution in [3.05, 3.63) is 71.3 Å². The second-order valence-electron chi connectivity index (χ2n) is 6.62. The molecule has 0 saturated carbocycles. The zero-order valence-corrected chi connectivity index (χ0v) is 18.4. The number of para-hydroxylation sites is 1. The first kappa shape index (κ1) is 21.1. The number of amides is 1. The number of carbonyl (C=O) groups excluding carboxylic acids is 1. The smallest absolute Gasteiger partial charge is 0.253 e. The first-order chi connectivity index (χ1) is 15.1. The van der Waals surface area contributed by atoms with Gasteiger partial charge in [0, 0.05) is 24.7 Å². The third-order valence-electron chi connectivity index (χ3n) is 4.54. The molecule has 0 radical (unpaired) electrons. The number of nitrogens with one attached hydrogen (secondary N) is 1. The van der Waals surface area contributed by atoms with Crippen LogP contribution in [0.5, 0.6) is 5.75 Å². The molecule has 31 heavy (non-hydrogen) atoms. The van der Waals surface area contributed by atoms with E-state index in [-0.39, 0.29) is 17.2 Å². The Morgan fingerprint density at radius 2 is 2.00 bits per heavy atom. The van der Waals surface area contributed by atoms with E-state index in [0.717, 1.165) is 25.9 Å². The van der Waals surface area contributed by atoms with Gasteiger partial charge in [0.05, 0.1) is 35.1 Å². The van der Waals surface area contributed by atoms with Crippen molar-refractivity contribution in [2.24, 2.45) is 0 Å². The van der Waals surface area contributed by atoms with Crippen molar-refractivity contribution in [3.8, 4) is 17.0 Å². The number of fused-ring (bicyclic) bond motifs is 1. The van der Waals surface area contributed by atoms with Crippen LogP contribution in [-0.4, -0.2) is 39.8 Å². The second-order valence-corrected chi connectivity index (χ2v) is 8.87. The third-order valence-corrected chi connectivity index (χ3v) is 6.72. The minimum Gasteiger partial charge on any atom is -0.497 e. The lowest BCUT2D eigenvalue weighted by atomic mass is 10.1. The summed E-state index contributed by atoms with van der Waals surface area (Å²) in [6, 6.07) is 16.8. The Hall–Kier alpha value is -3.17. The van der Waals surface area contributed by atoms with E-state index in [0.29, 0.717) is 18.8 Å². The van der Waals surface area contributed by atoms with Gasteiger partial charge in [-0.2, -0.15) is 0 Å². The van der Waals surface area contributed by atoms with E-state index >= 15 is 0 Å². The molecule has 1 N–H and O–H groups in total. The Labute approximate surface area is 187 Å². The monoisotopic (exact) mass is 452 g/mol. The molecule has 0 fully saturated rings. The van der Waals surface area contributed by atoms with E-state index < -0.39 is 0 Å². The molecule has 2 heterocycles. The zero-order valence-electron chi connectivity index (χ0n) is 16.8. The van der Waals surface area contributed by atoms with E-state index in [9.17, 15) is 9.59 Å². The zero-order chi connectivity index (χ0) is 21.6. The SMILES string of the molecule is COc1ccc(-c2cc(=O)n(CCNC(=O)CSc3nc4ccccc4s3)cn2)cc1. The number of thiazole rings is 1. The van der Waals surface area contributed by atoms with Gasteiger partial charge in [0.25, 0.3) is 5.56 Å². The molecule has 2 aromatic carbocycles. The number of benzene rings is 2. The largest absolute Gasteiger partial charge is 0.497 e. The van der Waals surface area contributed by atoms with Crippen molar-refractivity contribution >= 4 is 39.2 Å². The van der Waals surface area contributed by atoms with E-state index in [1.165, 1.54) is 28.7 Å². The van der Waals surface area contributed by atoms with Gasteiger partial charge in [0.15, 0.2) is 4.34 Å². The van der Waals surface area contributed by atoms with E-state index in [2.05, 4.69) is 15.3 Å². The number of rotatable bonds is 8. The van der Waals surface area contributed by atoms with Gasteiger partial charge in [-0.05, 0) is 36.4 Å². The first-order valence-electron chi connectivity index (χ1n) is 9.58. The minimum atomic E-state index is -0.168. The van der Waals surface area contributed by atoms with Crippen LogP contribution in [0.25, 0.3) is 21.5 Å². The lowest BCUT2D eigenvalue weighted by Crippen LogP contribution is -2.31. The van der Waals surface area contributed by atoms with E-state index in [1.54, 1.807) is 18.4 Å². The number of carbonyl (C=O) groups is 1. The fourth-order valence-corrected chi connectivity index (χ4v) is 4.82. The van der Waals surface area contributed by atoms with Crippen LogP contribution >= 0.6 is 23.1 Å². The van der Waals surface area contributed by atoms with Crippen LogP contribution in [0.4, 0.5) is 0 Å². The molecule has 0 saturated heterocycles. The fourth-order valence-electron chi connectivity index (χ4n) is 2.92. The first-order valence-corrected chi connectivity index (χ1v) is 11.4. The number of nitrogens with zero attached hydrogens (tertiary/aromatic N) is 3. The molecule has 0 aliphatic carbocycles. The Morgan fingerprint density at radius 1 is 1.19 bits per heavy atom. The molecule has 0 bridgehead atoms. The summed E-state index contributed by atoms with van der Waals surface area (Å²) in [5.41, 5.74) is 2.21. The van der Waals surface area contributed by atoms with Gasteiger partial charge in [-0.1, -0.05) is 23.9 Å². The highest BCUT2D eigenvalue weighted by Gasteiger charge is 2.08. The number of aromatic nitrogens is 3. The lowest BCUT2D eigenvalue weighted by Gasteiger charge is -2.08. The lowest BCUT2D eigenvalue weighted by molar-refractivity contribution is -0.118. The molecule has 0 aliphatic heterocycles. The van der Waals surface area contributed by atoms with Crippen molar-refractivity contribution in [1.29, 1.82) is 0 Å². The van der Waals surface area contributed by atoms with Crippen molar-refractivity contribution in [1.82, 2.24) is 19.9 Å². The van der Waals surface area contributed by atoms with Crippen LogP contribution in [0.2, 0.25) is 0 Å². The molecule has 9 heteroatoms. The number of hydrogen-bond acceptors (Lipinski definition) is 7. The average molecular weight is 453 g/mol. The van der Waals surface area contributed by atoms with Crippen molar-refractivity contribution in [2.45, 2.75) is 10.9 Å². The maximum atomic E-state index is 12.4. The van der Waals surface area contributed by atoms with E-state index in [4.69, 9.17) is 4.74 Å². The molecule has 0 spiro atoms. The minimum absolute atomic E-state index is 0.0971. The molecule has 2 aromatic heterocycles. The Kier molecular flexibility index (Phi) is 6.63. The maximum absolute atomic E-state index is 12.4. The van der Waals surface area contributed by atoms with Crippen LogP contribution in [0.3, 0.4) is 0 Å². The summed E-state index contributed by atoms with van der Waals surface area (Å²) in [5.74, 6) is 0.929. The summed E-state index contributed by atoms with van der Waals surface area (Å²) in [5, 5.41) is 2.84. The third kappa shape index (κ3) is 5.31. The summed E-state index contributed by atoms with van der Waals surface area (Å²) < 4.78 is 8.60.